The number of hydrogen-bond donors (Lipinski definition) is 1. The van der Waals surface area contributed by atoms with Crippen molar-refractivity contribution in [3.8, 4) is 0 Å². The number of carbonyl (C=O) groups excluding carboxylic acids is 2. The number of nitrogens with two attached hydrogens (primary N) is 1. The van der Waals surface area contributed by atoms with Gasteiger partial charge in [0.15, 0.2) is 0 Å². The van der Waals surface area contributed by atoms with Crippen LogP contribution in [0.25, 0.3) is 0 Å². The maximum Gasteiger partial charge on any atom is 0.263 e. The Bertz CT molecular complexity index is 487. The van der Waals surface area contributed by atoms with Gasteiger partial charge in [-0.25, -0.2) is 0 Å². The molecule has 2 N–H and O–H groups in total. The Hall–Kier alpha value is -1.49. The van der Waals surface area contributed by atoms with Crippen LogP contribution in [-0.2, 0) is 0 Å². The van der Waals surface area contributed by atoms with Gasteiger partial charge in [0, 0.05) is 17.5 Å². The van der Waals surface area contributed by atoms with Crippen molar-refractivity contribution >= 4 is 29.3 Å². The highest BCUT2D eigenvalue weighted by Crippen LogP contribution is 2.28. The Morgan fingerprint density at radius 1 is 1.35 bits per heavy atom. The van der Waals surface area contributed by atoms with E-state index in [1.807, 2.05) is 13.2 Å². The third kappa shape index (κ3) is 1.91. The summed E-state index contributed by atoms with van der Waals surface area (Å²) in [6.45, 7) is 2.41. The third-order valence-corrected chi connectivity index (χ3v) is 3.83. The number of anilines is 1. The molecule has 1 aromatic rings. The molecule has 1 aliphatic rings. The highest BCUT2D eigenvalue weighted by molar-refractivity contribution is 7.99. The van der Waals surface area contributed by atoms with Gasteiger partial charge in [-0.1, -0.05) is 13.0 Å². The molecule has 17 heavy (non-hydrogen) atoms. The van der Waals surface area contributed by atoms with Crippen LogP contribution in [0.15, 0.2) is 18.2 Å². The van der Waals surface area contributed by atoms with Crippen molar-refractivity contribution in [2.45, 2.75) is 12.2 Å². The first-order chi connectivity index (χ1) is 8.06. The summed E-state index contributed by atoms with van der Waals surface area (Å²) < 4.78 is 0. The van der Waals surface area contributed by atoms with Crippen LogP contribution in [0.2, 0.25) is 0 Å². The van der Waals surface area contributed by atoms with Gasteiger partial charge in [-0.05, 0) is 18.4 Å². The van der Waals surface area contributed by atoms with E-state index in [0.29, 0.717) is 23.4 Å². The van der Waals surface area contributed by atoms with Crippen molar-refractivity contribution in [3.05, 3.63) is 29.3 Å². The number of carbonyl (C=O) groups is 2. The van der Waals surface area contributed by atoms with E-state index in [2.05, 4.69) is 0 Å². The fraction of sp³-hybridized carbons (Fsp3) is 0.333. The summed E-state index contributed by atoms with van der Waals surface area (Å²) in [5, 5.41) is 0.221. The van der Waals surface area contributed by atoms with E-state index >= 15 is 0 Å². The van der Waals surface area contributed by atoms with Gasteiger partial charge in [-0.2, -0.15) is 11.8 Å². The summed E-state index contributed by atoms with van der Waals surface area (Å²) in [6.07, 6.45) is 1.96. The van der Waals surface area contributed by atoms with Crippen molar-refractivity contribution in [3.63, 3.8) is 0 Å². The molecule has 0 bridgehead atoms. The molecule has 4 nitrogen and oxygen atoms in total. The van der Waals surface area contributed by atoms with Gasteiger partial charge in [0.05, 0.1) is 11.1 Å². The van der Waals surface area contributed by atoms with Crippen LogP contribution in [0, 0.1) is 0 Å². The average molecular weight is 250 g/mol. The minimum Gasteiger partial charge on any atom is -0.398 e. The molecule has 1 heterocycles. The number of nitrogens with zero attached hydrogens (tertiary/aromatic N) is 1. The topological polar surface area (TPSA) is 63.4 Å². The largest absolute Gasteiger partial charge is 0.398 e. The zero-order valence-corrected chi connectivity index (χ0v) is 10.6. The second kappa shape index (κ2) is 4.41. The van der Waals surface area contributed by atoms with Crippen LogP contribution in [0.5, 0.6) is 0 Å². The molecule has 5 heteroatoms. The summed E-state index contributed by atoms with van der Waals surface area (Å²) in [7, 11) is 0. The van der Waals surface area contributed by atoms with E-state index in [9.17, 15) is 9.59 Å². The molecule has 1 aromatic carbocycles. The van der Waals surface area contributed by atoms with Crippen LogP contribution < -0.4 is 5.73 Å². The molecule has 2 rings (SSSR count). The first-order valence-electron chi connectivity index (χ1n) is 5.33. The predicted molar refractivity (Wildman–Crippen MR) is 69.2 cm³/mol. The molecule has 0 saturated heterocycles. The summed E-state index contributed by atoms with van der Waals surface area (Å²) >= 11 is 1.62. The van der Waals surface area contributed by atoms with Crippen molar-refractivity contribution in [1.29, 1.82) is 0 Å². The van der Waals surface area contributed by atoms with Gasteiger partial charge in [0.1, 0.15) is 0 Å². The molecule has 0 saturated carbocycles. The fourth-order valence-electron chi connectivity index (χ4n) is 1.86. The van der Waals surface area contributed by atoms with Crippen molar-refractivity contribution in [1.82, 2.24) is 4.90 Å². The maximum atomic E-state index is 12.1. The molecule has 2 amide bonds. The van der Waals surface area contributed by atoms with Gasteiger partial charge in [0.2, 0.25) is 0 Å². The molecular formula is C12H14N2O2S. The van der Waals surface area contributed by atoms with Crippen molar-refractivity contribution < 1.29 is 9.59 Å². The fourth-order valence-corrected chi connectivity index (χ4v) is 2.16. The first kappa shape index (κ1) is 12.0. The summed E-state index contributed by atoms with van der Waals surface area (Å²) in [4.78, 5) is 25.4. The van der Waals surface area contributed by atoms with Crippen LogP contribution in [0.3, 0.4) is 0 Å². The predicted octanol–water partition coefficient (Wildman–Crippen LogP) is 1.62. The Labute approximate surface area is 104 Å². The Morgan fingerprint density at radius 2 is 2.06 bits per heavy atom. The lowest BCUT2D eigenvalue weighted by Crippen LogP contribution is -2.34. The molecule has 1 atom stereocenters. The van der Waals surface area contributed by atoms with Crippen LogP contribution in [0.1, 0.15) is 27.6 Å². The number of thioether (sulfide) groups is 1. The quantitative estimate of drug-likeness (QED) is 0.654. The molecule has 1 unspecified atom stereocenters. The van der Waals surface area contributed by atoms with Crippen LogP contribution in [-0.4, -0.2) is 34.8 Å². The molecule has 1 aliphatic heterocycles. The van der Waals surface area contributed by atoms with E-state index in [1.54, 1.807) is 30.0 Å². The number of fused-ring (bicyclic) bond motifs is 1. The molecule has 0 spiro atoms. The Kier molecular flexibility index (Phi) is 3.11. The van der Waals surface area contributed by atoms with E-state index in [1.165, 1.54) is 4.90 Å². The maximum absolute atomic E-state index is 12.1. The number of imide groups is 1. The minimum atomic E-state index is -0.274. The SMILES string of the molecule is CSC(C)CN1C(=O)c2cccc(N)c2C1=O. The molecule has 90 valence electrons. The summed E-state index contributed by atoms with van der Waals surface area (Å²) in [5.41, 5.74) is 6.89. The average Bonchev–Trinajstić information content (AvgIpc) is 2.55. The van der Waals surface area contributed by atoms with Gasteiger partial charge in [-0.3, -0.25) is 14.5 Å². The molecule has 0 aromatic heterocycles. The Morgan fingerprint density at radius 3 is 2.65 bits per heavy atom. The summed E-state index contributed by atoms with van der Waals surface area (Å²) in [6, 6.07) is 4.99. The number of hydrogen-bond acceptors (Lipinski definition) is 4. The number of amides is 2. The number of nitrogen functional groups attached to an aromatic ring is 1. The van der Waals surface area contributed by atoms with E-state index in [0.717, 1.165) is 0 Å². The highest BCUT2D eigenvalue weighted by atomic mass is 32.2. The Balaban J connectivity index is 2.36. The summed E-state index contributed by atoms with van der Waals surface area (Å²) in [5.74, 6) is -0.512. The van der Waals surface area contributed by atoms with Crippen LogP contribution in [0.4, 0.5) is 5.69 Å². The third-order valence-electron chi connectivity index (χ3n) is 2.87. The van der Waals surface area contributed by atoms with Gasteiger partial charge in [0.25, 0.3) is 11.8 Å². The lowest BCUT2D eigenvalue weighted by atomic mass is 10.1. The van der Waals surface area contributed by atoms with Gasteiger partial charge in [-0.15, -0.1) is 0 Å². The highest BCUT2D eigenvalue weighted by Gasteiger charge is 2.37. The first-order valence-corrected chi connectivity index (χ1v) is 6.62. The second-order valence-corrected chi connectivity index (χ2v) is 5.31. The minimum absolute atomic E-state index is 0.221. The lowest BCUT2D eigenvalue weighted by Gasteiger charge is -2.17. The van der Waals surface area contributed by atoms with Gasteiger partial charge >= 0.3 is 0 Å². The monoisotopic (exact) mass is 250 g/mol. The molecule has 0 fully saturated rings. The number of rotatable bonds is 3. The van der Waals surface area contributed by atoms with E-state index in [4.69, 9.17) is 5.73 Å². The second-order valence-electron chi connectivity index (χ2n) is 4.04. The zero-order chi connectivity index (χ0) is 12.6. The normalized spacial score (nSPS) is 16.2. The van der Waals surface area contributed by atoms with Crippen LogP contribution >= 0.6 is 11.8 Å². The number of benzene rings is 1. The molecule has 0 aliphatic carbocycles. The van der Waals surface area contributed by atoms with Gasteiger partial charge < -0.3 is 5.73 Å². The lowest BCUT2D eigenvalue weighted by molar-refractivity contribution is 0.0657. The smallest absolute Gasteiger partial charge is 0.263 e. The standard InChI is InChI=1S/C12H14N2O2S/c1-7(17-2)6-14-11(15)8-4-3-5-9(13)10(8)12(14)16/h3-5,7H,6,13H2,1-2H3. The molecular weight excluding hydrogens is 236 g/mol. The van der Waals surface area contributed by atoms with E-state index in [-0.39, 0.29) is 17.1 Å². The van der Waals surface area contributed by atoms with Crippen molar-refractivity contribution in [2.24, 2.45) is 0 Å². The molecule has 0 radical (unpaired) electrons. The van der Waals surface area contributed by atoms with E-state index < -0.39 is 0 Å². The zero-order valence-electron chi connectivity index (χ0n) is 9.77. The van der Waals surface area contributed by atoms with Crippen molar-refractivity contribution in [2.75, 3.05) is 18.5 Å².